The lowest BCUT2D eigenvalue weighted by Gasteiger charge is -2.26. The largest absolute Gasteiger partial charge is 0.459 e. The highest BCUT2D eigenvalue weighted by molar-refractivity contribution is 8.00. The zero-order valence-corrected chi connectivity index (χ0v) is 16.1. The van der Waals surface area contributed by atoms with Gasteiger partial charge in [-0.1, -0.05) is 25.4 Å². The van der Waals surface area contributed by atoms with E-state index in [1.54, 1.807) is 20.8 Å². The second-order valence-electron chi connectivity index (χ2n) is 6.57. The van der Waals surface area contributed by atoms with Crippen LogP contribution in [0, 0.1) is 11.7 Å². The minimum absolute atomic E-state index is 0.0502. The molecule has 0 aliphatic heterocycles. The van der Waals surface area contributed by atoms with E-state index in [9.17, 15) is 14.0 Å². The summed E-state index contributed by atoms with van der Waals surface area (Å²) >= 11 is 7.11. The monoisotopic (exact) mass is 387 g/mol. The molecule has 1 amide bonds. The van der Waals surface area contributed by atoms with E-state index in [4.69, 9.17) is 21.9 Å². The smallest absolute Gasteiger partial charge is 0.320 e. The Morgan fingerprint density at radius 3 is 2.44 bits per heavy atom. The van der Waals surface area contributed by atoms with Crippen molar-refractivity contribution in [1.29, 1.82) is 0 Å². The second kappa shape index (κ2) is 8.56. The predicted octanol–water partition coefficient (Wildman–Crippen LogP) is 5.39. The minimum atomic E-state index is -1.06. The fraction of sp³-hybridized carbons (Fsp3) is 0.500. The van der Waals surface area contributed by atoms with E-state index in [2.05, 4.69) is 10.0 Å². The van der Waals surface area contributed by atoms with Gasteiger partial charge in [0.1, 0.15) is 16.7 Å². The molecule has 0 radical (unpaired) electrons. The maximum Gasteiger partial charge on any atom is 0.320 e. The van der Waals surface area contributed by atoms with Gasteiger partial charge in [0.2, 0.25) is 0 Å². The zero-order chi connectivity index (χ0) is 19.4. The van der Waals surface area contributed by atoms with Gasteiger partial charge in [0, 0.05) is 9.81 Å². The first-order valence-corrected chi connectivity index (χ1v) is 8.70. The van der Waals surface area contributed by atoms with E-state index in [0.29, 0.717) is 4.90 Å². The van der Waals surface area contributed by atoms with Crippen molar-refractivity contribution in [3.05, 3.63) is 39.0 Å². The van der Waals surface area contributed by atoms with E-state index in [-0.39, 0.29) is 10.9 Å². The molecule has 0 aromatic heterocycles. The molecule has 0 bridgehead atoms. The Hall–Kier alpha value is -1.76. The van der Waals surface area contributed by atoms with Crippen molar-refractivity contribution >= 4 is 35.2 Å². The van der Waals surface area contributed by atoms with Crippen molar-refractivity contribution in [3.8, 4) is 0 Å². The molecule has 25 heavy (non-hydrogen) atoms. The number of rotatable bonds is 5. The first kappa shape index (κ1) is 21.3. The summed E-state index contributed by atoms with van der Waals surface area (Å²) < 4.78 is 19.3. The molecule has 0 saturated heterocycles. The number of hydrogen-bond acceptors (Lipinski definition) is 4. The van der Waals surface area contributed by atoms with E-state index in [1.807, 2.05) is 13.8 Å². The summed E-state index contributed by atoms with van der Waals surface area (Å²) in [5.41, 5.74) is 7.28. The number of ether oxygens (including phenoxy) is 1. The highest BCUT2D eigenvalue weighted by Gasteiger charge is 2.30. The van der Waals surface area contributed by atoms with Crippen molar-refractivity contribution < 1.29 is 18.7 Å². The fourth-order valence-electron chi connectivity index (χ4n) is 1.83. The Balaban J connectivity index is 3.21. The van der Waals surface area contributed by atoms with Crippen LogP contribution in [-0.2, 0) is 9.53 Å². The van der Waals surface area contributed by atoms with Crippen LogP contribution in [0.3, 0.4) is 0 Å². The molecule has 0 fully saturated rings. The molecule has 0 heterocycles. The van der Waals surface area contributed by atoms with Gasteiger partial charge in [-0.15, -0.1) is 11.8 Å². The molecule has 0 N–H and O–H groups in total. The first-order chi connectivity index (χ1) is 11.5. The number of azide groups is 1. The van der Waals surface area contributed by atoms with Crippen LogP contribution >= 0.6 is 23.4 Å². The Kier molecular flexibility index (Phi) is 7.29. The van der Waals surface area contributed by atoms with E-state index < -0.39 is 34.1 Å². The summed E-state index contributed by atoms with van der Waals surface area (Å²) in [7, 11) is 0. The number of carbonyl (C=O) groups is 2. The third-order valence-electron chi connectivity index (χ3n) is 2.89. The summed E-state index contributed by atoms with van der Waals surface area (Å²) in [5.74, 6) is -2.49. The molecule has 1 unspecified atom stereocenters. The van der Waals surface area contributed by atoms with Crippen LogP contribution in [0.15, 0.2) is 22.1 Å². The normalized spacial score (nSPS) is 12.5. The summed E-state index contributed by atoms with van der Waals surface area (Å²) in [6.45, 7) is 8.95. The average Bonchev–Trinajstić information content (AvgIpc) is 2.44. The number of hydrogen-bond donors (Lipinski definition) is 0. The number of carbonyl (C=O) groups excluding carboxylic acids is 2. The predicted molar refractivity (Wildman–Crippen MR) is 95.2 cm³/mol. The molecule has 1 rings (SSSR count). The quantitative estimate of drug-likeness (QED) is 0.222. The van der Waals surface area contributed by atoms with E-state index >= 15 is 0 Å². The molecule has 6 nitrogen and oxygen atoms in total. The van der Waals surface area contributed by atoms with E-state index in [0.717, 1.165) is 17.8 Å². The standard InChI is InChI=1S/C16H19ClFN3O3S/c1-8(2)13(15(23)24-16(3,4)5)25-12-6-9(14(22)20-21-19)11(18)7-10(12)17/h6-8,13H,1-5H3. The van der Waals surface area contributed by atoms with Crippen molar-refractivity contribution in [1.82, 2.24) is 0 Å². The van der Waals surface area contributed by atoms with Crippen LogP contribution in [0.25, 0.3) is 10.4 Å². The van der Waals surface area contributed by atoms with Crippen LogP contribution in [0.5, 0.6) is 0 Å². The maximum atomic E-state index is 13.9. The lowest BCUT2D eigenvalue weighted by molar-refractivity contribution is -0.154. The van der Waals surface area contributed by atoms with Gasteiger partial charge < -0.3 is 4.74 Å². The molecule has 1 aromatic carbocycles. The van der Waals surface area contributed by atoms with Crippen LogP contribution < -0.4 is 0 Å². The number of amides is 1. The molecule has 9 heteroatoms. The van der Waals surface area contributed by atoms with Gasteiger partial charge in [0.15, 0.2) is 0 Å². The number of nitrogens with zero attached hydrogens (tertiary/aromatic N) is 3. The highest BCUT2D eigenvalue weighted by atomic mass is 35.5. The molecular weight excluding hydrogens is 369 g/mol. The second-order valence-corrected chi connectivity index (χ2v) is 8.16. The van der Waals surface area contributed by atoms with Gasteiger partial charge in [0.05, 0.1) is 10.6 Å². The molecule has 0 spiro atoms. The lowest BCUT2D eigenvalue weighted by Crippen LogP contribution is -2.33. The third-order valence-corrected chi connectivity index (χ3v) is 4.89. The Morgan fingerprint density at radius 1 is 1.36 bits per heavy atom. The van der Waals surface area contributed by atoms with Crippen LogP contribution in [-0.4, -0.2) is 22.7 Å². The van der Waals surface area contributed by atoms with Crippen molar-refractivity contribution in [2.45, 2.75) is 50.4 Å². The molecule has 136 valence electrons. The van der Waals surface area contributed by atoms with Gasteiger partial charge in [-0.25, -0.2) is 4.39 Å². The number of benzene rings is 1. The van der Waals surface area contributed by atoms with Gasteiger partial charge in [0.25, 0.3) is 5.91 Å². The SMILES string of the molecule is CC(C)C(Sc1cc(C(=O)N=[N+]=[N-])c(F)cc1Cl)C(=O)OC(C)(C)C. The van der Waals surface area contributed by atoms with Gasteiger partial charge in [-0.05, 0) is 49.5 Å². The summed E-state index contributed by atoms with van der Waals surface area (Å²) in [6.07, 6.45) is 0. The maximum absolute atomic E-state index is 13.9. The number of esters is 1. The number of halogens is 2. The molecular formula is C16H19ClFN3O3S. The summed E-state index contributed by atoms with van der Waals surface area (Å²) in [4.78, 5) is 26.8. The molecule has 0 aliphatic rings. The third kappa shape index (κ3) is 6.23. The van der Waals surface area contributed by atoms with Gasteiger partial charge in [-0.2, -0.15) is 0 Å². The zero-order valence-electron chi connectivity index (χ0n) is 14.5. The van der Waals surface area contributed by atoms with E-state index in [1.165, 1.54) is 6.07 Å². The Morgan fingerprint density at radius 2 is 1.96 bits per heavy atom. The van der Waals surface area contributed by atoms with Crippen LogP contribution in [0.1, 0.15) is 45.0 Å². The van der Waals surface area contributed by atoms with Crippen molar-refractivity contribution in [2.75, 3.05) is 0 Å². The van der Waals surface area contributed by atoms with Gasteiger partial charge >= 0.3 is 5.97 Å². The van der Waals surface area contributed by atoms with Crippen molar-refractivity contribution in [3.63, 3.8) is 0 Å². The fourth-order valence-corrected chi connectivity index (χ4v) is 3.16. The summed E-state index contributed by atoms with van der Waals surface area (Å²) in [6, 6.07) is 2.13. The highest BCUT2D eigenvalue weighted by Crippen LogP contribution is 2.36. The molecule has 1 atom stereocenters. The average molecular weight is 388 g/mol. The van der Waals surface area contributed by atoms with Gasteiger partial charge in [-0.3, -0.25) is 9.59 Å². The molecule has 1 aromatic rings. The number of thioether (sulfide) groups is 1. The minimum Gasteiger partial charge on any atom is -0.459 e. The summed E-state index contributed by atoms with van der Waals surface area (Å²) in [5, 5.41) is 2.33. The first-order valence-electron chi connectivity index (χ1n) is 7.44. The van der Waals surface area contributed by atoms with Crippen LogP contribution in [0.2, 0.25) is 5.02 Å². The van der Waals surface area contributed by atoms with Crippen LogP contribution in [0.4, 0.5) is 4.39 Å². The topological polar surface area (TPSA) is 92.1 Å². The Labute approximate surface area is 154 Å². The van der Waals surface area contributed by atoms with Crippen molar-refractivity contribution in [2.24, 2.45) is 11.0 Å². The molecule has 0 saturated carbocycles. The lowest BCUT2D eigenvalue weighted by atomic mass is 10.1. The Bertz CT molecular complexity index is 728. The molecule has 0 aliphatic carbocycles.